The lowest BCUT2D eigenvalue weighted by molar-refractivity contribution is 0.145. The fourth-order valence-corrected chi connectivity index (χ4v) is 2.29. The van der Waals surface area contributed by atoms with E-state index in [-0.39, 0.29) is 18.2 Å². The number of hydrogen-bond acceptors (Lipinski definition) is 2. The topological polar surface area (TPSA) is 33.1 Å². The third-order valence-corrected chi connectivity index (χ3v) is 3.34. The highest BCUT2D eigenvalue weighted by atomic mass is 127. The maximum Gasteiger partial charge on any atom is 0.280 e. The zero-order chi connectivity index (χ0) is 10.7. The van der Waals surface area contributed by atoms with E-state index in [0.717, 1.165) is 0 Å². The van der Waals surface area contributed by atoms with Gasteiger partial charge in [-0.25, -0.2) is 8.78 Å². The molecule has 0 aliphatic heterocycles. The van der Waals surface area contributed by atoms with E-state index in [0.29, 0.717) is 14.7 Å². The molecule has 1 rings (SSSR count). The van der Waals surface area contributed by atoms with Crippen molar-refractivity contribution in [2.45, 2.75) is 18.9 Å². The second kappa shape index (κ2) is 5.18. The zero-order valence-electron chi connectivity index (χ0n) is 6.98. The summed E-state index contributed by atoms with van der Waals surface area (Å²) in [6.45, 7) is -0.224. The lowest BCUT2D eigenvalue weighted by atomic mass is 10.1. The first kappa shape index (κ1) is 12.1. The summed E-state index contributed by atoms with van der Waals surface area (Å²) >= 11 is 7.43. The number of aromatic nitrogens is 1. The van der Waals surface area contributed by atoms with Crippen molar-refractivity contribution in [3.05, 3.63) is 26.6 Å². The van der Waals surface area contributed by atoms with E-state index in [9.17, 15) is 8.78 Å². The van der Waals surface area contributed by atoms with Crippen molar-refractivity contribution in [2.75, 3.05) is 0 Å². The Morgan fingerprint density at radius 3 is 2.64 bits per heavy atom. The summed E-state index contributed by atoms with van der Waals surface area (Å²) in [5.41, 5.74) is 0.515. The van der Waals surface area contributed by atoms with E-state index in [1.54, 1.807) is 0 Å². The van der Waals surface area contributed by atoms with Crippen LogP contribution in [0.25, 0.3) is 0 Å². The van der Waals surface area contributed by atoms with Crippen molar-refractivity contribution >= 4 is 34.2 Å². The lowest BCUT2D eigenvalue weighted by Gasteiger charge is -2.10. The van der Waals surface area contributed by atoms with Crippen LogP contribution >= 0.6 is 34.2 Å². The largest absolute Gasteiger partial charge is 0.392 e. The smallest absolute Gasteiger partial charge is 0.280 e. The molecule has 0 bridgehead atoms. The van der Waals surface area contributed by atoms with Gasteiger partial charge in [0.05, 0.1) is 12.5 Å². The molecule has 6 heteroatoms. The standard InChI is InChI=1S/C8H7ClF2INO/c9-1-5-6(12)4(3-14)2-13-7(5)8(10)11/h2,8,14H,1,3H2. The highest BCUT2D eigenvalue weighted by Crippen LogP contribution is 2.27. The molecule has 0 aliphatic rings. The van der Waals surface area contributed by atoms with E-state index >= 15 is 0 Å². The van der Waals surface area contributed by atoms with E-state index in [2.05, 4.69) is 4.98 Å². The molecule has 2 nitrogen and oxygen atoms in total. The monoisotopic (exact) mass is 333 g/mol. The Kier molecular flexibility index (Phi) is 4.46. The van der Waals surface area contributed by atoms with Gasteiger partial charge in [0.15, 0.2) is 0 Å². The third-order valence-electron chi connectivity index (χ3n) is 1.73. The molecule has 0 fully saturated rings. The van der Waals surface area contributed by atoms with Crippen LogP contribution in [0.3, 0.4) is 0 Å². The Labute approximate surface area is 98.4 Å². The molecule has 0 amide bonds. The van der Waals surface area contributed by atoms with Crippen LogP contribution in [0.15, 0.2) is 6.20 Å². The van der Waals surface area contributed by atoms with Gasteiger partial charge in [-0.15, -0.1) is 11.6 Å². The van der Waals surface area contributed by atoms with Gasteiger partial charge >= 0.3 is 0 Å². The average Bonchev–Trinajstić information content (AvgIpc) is 2.17. The molecule has 0 radical (unpaired) electrons. The molecule has 78 valence electrons. The number of pyridine rings is 1. The van der Waals surface area contributed by atoms with Crippen molar-refractivity contribution in [1.82, 2.24) is 4.98 Å². The molecule has 1 N–H and O–H groups in total. The Bertz CT molecular complexity index is 335. The SMILES string of the molecule is OCc1cnc(C(F)F)c(CCl)c1I. The van der Waals surface area contributed by atoms with Gasteiger partial charge < -0.3 is 5.11 Å². The predicted molar refractivity (Wildman–Crippen MR) is 57.4 cm³/mol. The molecule has 0 atom stereocenters. The van der Waals surface area contributed by atoms with E-state index in [1.807, 2.05) is 22.6 Å². The minimum atomic E-state index is -2.63. The number of aliphatic hydroxyl groups excluding tert-OH is 1. The van der Waals surface area contributed by atoms with Crippen LogP contribution in [-0.4, -0.2) is 10.1 Å². The molecule has 0 spiro atoms. The molecule has 0 unspecified atom stereocenters. The first-order valence-electron chi connectivity index (χ1n) is 3.73. The molecule has 0 saturated heterocycles. The first-order chi connectivity index (χ1) is 6.61. The summed E-state index contributed by atoms with van der Waals surface area (Å²) in [7, 11) is 0. The molecule has 1 aromatic heterocycles. The number of aliphatic hydroxyl groups is 1. The number of alkyl halides is 3. The number of hydrogen-bond donors (Lipinski definition) is 1. The number of rotatable bonds is 3. The summed E-state index contributed by atoms with van der Waals surface area (Å²) in [5.74, 6) is -0.0290. The highest BCUT2D eigenvalue weighted by Gasteiger charge is 2.18. The van der Waals surface area contributed by atoms with Crippen LogP contribution in [0.2, 0.25) is 0 Å². The van der Waals surface area contributed by atoms with Gasteiger partial charge in [-0.05, 0) is 22.6 Å². The molecule has 0 aliphatic carbocycles. The van der Waals surface area contributed by atoms with Crippen LogP contribution in [0.1, 0.15) is 23.2 Å². The van der Waals surface area contributed by atoms with Crippen molar-refractivity contribution in [1.29, 1.82) is 0 Å². The summed E-state index contributed by atoms with van der Waals surface area (Å²) in [4.78, 5) is 3.58. The summed E-state index contributed by atoms with van der Waals surface area (Å²) in [6, 6.07) is 0. The van der Waals surface area contributed by atoms with Crippen molar-refractivity contribution < 1.29 is 13.9 Å². The maximum atomic E-state index is 12.4. The molecule has 1 aromatic rings. The second-order valence-corrected chi connectivity index (χ2v) is 3.90. The molecular weight excluding hydrogens is 326 g/mol. The van der Waals surface area contributed by atoms with Crippen molar-refractivity contribution in [2.24, 2.45) is 0 Å². The van der Waals surface area contributed by atoms with Gasteiger partial charge in [-0.1, -0.05) is 0 Å². The van der Waals surface area contributed by atoms with Gasteiger partial charge in [0.25, 0.3) is 6.43 Å². The van der Waals surface area contributed by atoms with Crippen LogP contribution in [0.4, 0.5) is 8.78 Å². The van der Waals surface area contributed by atoms with Crippen molar-refractivity contribution in [3.63, 3.8) is 0 Å². The normalized spacial score (nSPS) is 11.0. The molecule has 14 heavy (non-hydrogen) atoms. The summed E-state index contributed by atoms with van der Waals surface area (Å²) in [5, 5.41) is 8.89. The predicted octanol–water partition coefficient (Wildman–Crippen LogP) is 2.85. The lowest BCUT2D eigenvalue weighted by Crippen LogP contribution is -2.03. The maximum absolute atomic E-state index is 12.4. The molecule has 0 aromatic carbocycles. The quantitative estimate of drug-likeness (QED) is 0.681. The van der Waals surface area contributed by atoms with Crippen LogP contribution < -0.4 is 0 Å². The van der Waals surface area contributed by atoms with E-state index < -0.39 is 6.43 Å². The highest BCUT2D eigenvalue weighted by molar-refractivity contribution is 14.1. The minimum absolute atomic E-state index is 0.0290. The van der Waals surface area contributed by atoms with E-state index in [4.69, 9.17) is 16.7 Å². The Morgan fingerprint density at radius 2 is 2.21 bits per heavy atom. The zero-order valence-corrected chi connectivity index (χ0v) is 9.89. The second-order valence-electron chi connectivity index (χ2n) is 2.55. The Morgan fingerprint density at radius 1 is 1.57 bits per heavy atom. The fraction of sp³-hybridized carbons (Fsp3) is 0.375. The van der Waals surface area contributed by atoms with Gasteiger partial charge in [0.1, 0.15) is 5.69 Å². The Balaban J connectivity index is 3.28. The van der Waals surface area contributed by atoms with Gasteiger partial charge in [0.2, 0.25) is 0 Å². The number of halogens is 4. The van der Waals surface area contributed by atoms with E-state index in [1.165, 1.54) is 6.20 Å². The minimum Gasteiger partial charge on any atom is -0.392 e. The average molecular weight is 334 g/mol. The molecule has 1 heterocycles. The van der Waals surface area contributed by atoms with Crippen LogP contribution in [0.5, 0.6) is 0 Å². The van der Waals surface area contributed by atoms with Crippen LogP contribution in [-0.2, 0) is 12.5 Å². The Hall–Kier alpha value is -0.0100. The number of nitrogens with zero attached hydrogens (tertiary/aromatic N) is 1. The van der Waals surface area contributed by atoms with Crippen LogP contribution in [0, 0.1) is 3.57 Å². The molecule has 0 saturated carbocycles. The fourth-order valence-electron chi connectivity index (χ4n) is 1.01. The summed E-state index contributed by atoms with van der Waals surface area (Å²) < 4.78 is 25.4. The summed E-state index contributed by atoms with van der Waals surface area (Å²) in [6.07, 6.45) is -1.38. The van der Waals surface area contributed by atoms with Gasteiger partial charge in [0, 0.05) is 20.9 Å². The third kappa shape index (κ3) is 2.32. The van der Waals surface area contributed by atoms with Gasteiger partial charge in [-0.3, -0.25) is 4.98 Å². The van der Waals surface area contributed by atoms with Crippen molar-refractivity contribution in [3.8, 4) is 0 Å². The van der Waals surface area contributed by atoms with Gasteiger partial charge in [-0.2, -0.15) is 0 Å². The molecular formula is C8H7ClF2INO. The first-order valence-corrected chi connectivity index (χ1v) is 5.34.